The van der Waals surface area contributed by atoms with E-state index in [0.29, 0.717) is 5.75 Å². The second-order valence-corrected chi connectivity index (χ2v) is 7.82. The molecule has 1 aromatic heterocycles. The standard InChI is InChI=1S/C16H20N4OS2/c1-11-6-5-7-13(12(11)2)17-15-18-19-16(23-15)22-10-14(21)20-8-3-4-9-20/h5-7H,3-4,8-10H2,1-2H3,(H,17,18). The van der Waals surface area contributed by atoms with Crippen LogP contribution in [0.1, 0.15) is 24.0 Å². The quantitative estimate of drug-likeness (QED) is 0.837. The van der Waals surface area contributed by atoms with Crippen LogP contribution in [0.3, 0.4) is 0 Å². The molecule has 3 rings (SSSR count). The van der Waals surface area contributed by atoms with Crippen LogP contribution < -0.4 is 5.32 Å². The van der Waals surface area contributed by atoms with E-state index in [0.717, 1.165) is 41.1 Å². The van der Waals surface area contributed by atoms with Crippen LogP contribution in [0.5, 0.6) is 0 Å². The van der Waals surface area contributed by atoms with E-state index in [9.17, 15) is 4.79 Å². The minimum atomic E-state index is 0.201. The number of anilines is 2. The normalized spacial score (nSPS) is 14.3. The lowest BCUT2D eigenvalue weighted by Gasteiger charge is -2.13. The summed E-state index contributed by atoms with van der Waals surface area (Å²) in [5, 5.41) is 12.4. The molecule has 0 spiro atoms. The number of nitrogens with zero attached hydrogens (tertiary/aromatic N) is 3. The van der Waals surface area contributed by atoms with Crippen molar-refractivity contribution in [1.29, 1.82) is 0 Å². The van der Waals surface area contributed by atoms with E-state index < -0.39 is 0 Å². The molecule has 0 atom stereocenters. The highest BCUT2D eigenvalue weighted by atomic mass is 32.2. The summed E-state index contributed by atoms with van der Waals surface area (Å²) in [4.78, 5) is 14.0. The number of aryl methyl sites for hydroxylation is 1. The Hall–Kier alpha value is -1.60. The van der Waals surface area contributed by atoms with E-state index in [-0.39, 0.29) is 5.91 Å². The largest absolute Gasteiger partial charge is 0.342 e. The lowest BCUT2D eigenvalue weighted by atomic mass is 10.1. The molecule has 0 unspecified atom stereocenters. The molecule has 7 heteroatoms. The Balaban J connectivity index is 1.57. The number of benzene rings is 1. The lowest BCUT2D eigenvalue weighted by molar-refractivity contribution is -0.127. The van der Waals surface area contributed by atoms with Gasteiger partial charge in [-0.05, 0) is 43.9 Å². The van der Waals surface area contributed by atoms with Gasteiger partial charge in [0.15, 0.2) is 4.34 Å². The van der Waals surface area contributed by atoms with Crippen LogP contribution in [-0.4, -0.2) is 39.8 Å². The molecule has 1 N–H and O–H groups in total. The van der Waals surface area contributed by atoms with Crippen LogP contribution in [0.25, 0.3) is 0 Å². The summed E-state index contributed by atoms with van der Waals surface area (Å²) in [5.41, 5.74) is 3.50. The number of likely N-dealkylation sites (tertiary alicyclic amines) is 1. The van der Waals surface area contributed by atoms with Crippen molar-refractivity contribution in [1.82, 2.24) is 15.1 Å². The topological polar surface area (TPSA) is 58.1 Å². The third kappa shape index (κ3) is 4.03. The highest BCUT2D eigenvalue weighted by molar-refractivity contribution is 8.01. The molecular formula is C16H20N4OS2. The number of aromatic nitrogens is 2. The van der Waals surface area contributed by atoms with Crippen LogP contribution in [0.4, 0.5) is 10.8 Å². The van der Waals surface area contributed by atoms with E-state index in [2.05, 4.69) is 35.4 Å². The van der Waals surface area contributed by atoms with Crippen molar-refractivity contribution in [2.24, 2.45) is 0 Å². The van der Waals surface area contributed by atoms with Crippen LogP contribution in [-0.2, 0) is 4.79 Å². The van der Waals surface area contributed by atoms with Crippen LogP contribution >= 0.6 is 23.1 Å². The van der Waals surface area contributed by atoms with Crippen molar-refractivity contribution in [3.05, 3.63) is 29.3 Å². The van der Waals surface area contributed by atoms with Gasteiger partial charge in [-0.25, -0.2) is 0 Å². The Morgan fingerprint density at radius 3 is 2.87 bits per heavy atom. The number of nitrogens with one attached hydrogen (secondary N) is 1. The van der Waals surface area contributed by atoms with Gasteiger partial charge in [-0.2, -0.15) is 0 Å². The van der Waals surface area contributed by atoms with Gasteiger partial charge in [-0.1, -0.05) is 35.2 Å². The van der Waals surface area contributed by atoms with Crippen LogP contribution in [0.2, 0.25) is 0 Å². The molecule has 0 bridgehead atoms. The van der Waals surface area contributed by atoms with Gasteiger partial charge in [0.2, 0.25) is 11.0 Å². The zero-order chi connectivity index (χ0) is 16.2. The number of rotatable bonds is 5. The van der Waals surface area contributed by atoms with E-state index in [1.54, 1.807) is 0 Å². The smallest absolute Gasteiger partial charge is 0.233 e. The summed E-state index contributed by atoms with van der Waals surface area (Å²) in [6, 6.07) is 6.15. The number of carbonyl (C=O) groups excluding carboxylic acids is 1. The highest BCUT2D eigenvalue weighted by Crippen LogP contribution is 2.29. The third-order valence-electron chi connectivity index (χ3n) is 4.03. The predicted octanol–water partition coefficient (Wildman–Crippen LogP) is 3.61. The number of amides is 1. The number of hydrogen-bond acceptors (Lipinski definition) is 6. The molecule has 0 saturated carbocycles. The van der Waals surface area contributed by atoms with E-state index in [4.69, 9.17) is 0 Å². The van der Waals surface area contributed by atoms with Crippen molar-refractivity contribution in [3.8, 4) is 0 Å². The number of thioether (sulfide) groups is 1. The van der Waals surface area contributed by atoms with Crippen molar-refractivity contribution < 1.29 is 4.79 Å². The molecule has 122 valence electrons. The van der Waals surface area contributed by atoms with Gasteiger partial charge in [-0.3, -0.25) is 4.79 Å². The van der Waals surface area contributed by atoms with Crippen molar-refractivity contribution in [2.75, 3.05) is 24.2 Å². The van der Waals surface area contributed by atoms with E-state index >= 15 is 0 Å². The molecule has 1 amide bonds. The molecular weight excluding hydrogens is 328 g/mol. The fraction of sp³-hybridized carbons (Fsp3) is 0.438. The predicted molar refractivity (Wildman–Crippen MR) is 95.6 cm³/mol. The zero-order valence-electron chi connectivity index (χ0n) is 13.3. The molecule has 0 aliphatic carbocycles. The van der Waals surface area contributed by atoms with Gasteiger partial charge in [0.05, 0.1) is 5.75 Å². The van der Waals surface area contributed by atoms with Gasteiger partial charge < -0.3 is 10.2 Å². The summed E-state index contributed by atoms with van der Waals surface area (Å²) in [6.45, 7) is 5.97. The maximum atomic E-state index is 12.0. The monoisotopic (exact) mass is 348 g/mol. The Kier molecular flexibility index (Phi) is 5.17. The van der Waals surface area contributed by atoms with Crippen LogP contribution in [0.15, 0.2) is 22.5 Å². The molecule has 2 aromatic rings. The lowest BCUT2D eigenvalue weighted by Crippen LogP contribution is -2.29. The molecule has 1 fully saturated rings. The molecule has 0 radical (unpaired) electrons. The Labute approximate surface area is 144 Å². The van der Waals surface area contributed by atoms with Gasteiger partial charge in [-0.15, -0.1) is 10.2 Å². The molecule has 5 nitrogen and oxygen atoms in total. The van der Waals surface area contributed by atoms with Gasteiger partial charge in [0.1, 0.15) is 0 Å². The maximum absolute atomic E-state index is 12.0. The van der Waals surface area contributed by atoms with Gasteiger partial charge >= 0.3 is 0 Å². The Morgan fingerprint density at radius 2 is 2.09 bits per heavy atom. The molecule has 1 saturated heterocycles. The fourth-order valence-corrected chi connectivity index (χ4v) is 4.17. The molecule has 2 heterocycles. The maximum Gasteiger partial charge on any atom is 0.233 e. The van der Waals surface area contributed by atoms with Crippen molar-refractivity contribution >= 4 is 39.8 Å². The van der Waals surface area contributed by atoms with Crippen molar-refractivity contribution in [3.63, 3.8) is 0 Å². The third-order valence-corrected chi connectivity index (χ3v) is 5.99. The second kappa shape index (κ2) is 7.31. The zero-order valence-corrected chi connectivity index (χ0v) is 15.0. The number of carbonyl (C=O) groups is 1. The summed E-state index contributed by atoms with van der Waals surface area (Å²) in [5.74, 6) is 0.643. The highest BCUT2D eigenvalue weighted by Gasteiger charge is 2.18. The molecule has 1 aliphatic heterocycles. The Bertz CT molecular complexity index is 695. The first kappa shape index (κ1) is 16.3. The fourth-order valence-electron chi connectivity index (χ4n) is 2.50. The second-order valence-electron chi connectivity index (χ2n) is 5.62. The first-order chi connectivity index (χ1) is 11.1. The minimum absolute atomic E-state index is 0.201. The van der Waals surface area contributed by atoms with Crippen molar-refractivity contribution in [2.45, 2.75) is 31.0 Å². The van der Waals surface area contributed by atoms with Crippen LogP contribution in [0, 0.1) is 13.8 Å². The van der Waals surface area contributed by atoms with E-state index in [1.165, 1.54) is 34.2 Å². The summed E-state index contributed by atoms with van der Waals surface area (Å²) in [7, 11) is 0. The summed E-state index contributed by atoms with van der Waals surface area (Å²) in [6.07, 6.45) is 2.25. The SMILES string of the molecule is Cc1cccc(Nc2nnc(SCC(=O)N3CCCC3)s2)c1C. The summed E-state index contributed by atoms with van der Waals surface area (Å²) < 4.78 is 0.824. The average molecular weight is 348 g/mol. The van der Waals surface area contributed by atoms with E-state index in [1.807, 2.05) is 17.0 Å². The number of hydrogen-bond donors (Lipinski definition) is 1. The van der Waals surface area contributed by atoms with Gasteiger partial charge in [0, 0.05) is 18.8 Å². The summed E-state index contributed by atoms with van der Waals surface area (Å²) >= 11 is 2.95. The minimum Gasteiger partial charge on any atom is -0.342 e. The van der Waals surface area contributed by atoms with Gasteiger partial charge in [0.25, 0.3) is 0 Å². The average Bonchev–Trinajstić information content (AvgIpc) is 3.21. The molecule has 1 aliphatic rings. The first-order valence-electron chi connectivity index (χ1n) is 7.71. The molecule has 1 aromatic carbocycles. The molecule has 23 heavy (non-hydrogen) atoms. The Morgan fingerprint density at radius 1 is 1.30 bits per heavy atom. The first-order valence-corrected chi connectivity index (χ1v) is 9.51.